The van der Waals surface area contributed by atoms with E-state index in [0.29, 0.717) is 46.6 Å². The van der Waals surface area contributed by atoms with Crippen LogP contribution in [0.25, 0.3) is 11.1 Å². The average Bonchev–Trinajstić information content (AvgIpc) is 3.23. The molecule has 2 aromatic carbocycles. The molecular weight excluding hydrogens is 308 g/mol. The Bertz CT molecular complexity index is 917. The number of nitrogens with zero attached hydrogens (tertiary/aromatic N) is 1. The first-order chi connectivity index (χ1) is 11.4. The van der Waals surface area contributed by atoms with Crippen LogP contribution in [-0.2, 0) is 12.8 Å². The lowest BCUT2D eigenvalue weighted by Crippen LogP contribution is -1.98. The van der Waals surface area contributed by atoms with Gasteiger partial charge in [0.15, 0.2) is 23.0 Å². The van der Waals surface area contributed by atoms with Crippen molar-refractivity contribution >= 4 is 17.6 Å². The van der Waals surface area contributed by atoms with Crippen LogP contribution in [0.15, 0.2) is 4.99 Å². The third-order valence-electron chi connectivity index (χ3n) is 5.02. The van der Waals surface area contributed by atoms with E-state index in [9.17, 15) is 20.4 Å². The number of phenolic OH excluding ortho intramolecular Hbond substituents is 4. The second-order valence-corrected chi connectivity index (χ2v) is 6.27. The van der Waals surface area contributed by atoms with Crippen LogP contribution in [0.1, 0.15) is 22.3 Å². The Balaban J connectivity index is 2.14. The van der Waals surface area contributed by atoms with Gasteiger partial charge >= 0.3 is 0 Å². The largest absolute Gasteiger partial charge is 0.504 e. The molecule has 4 rings (SSSR count). The van der Waals surface area contributed by atoms with Crippen molar-refractivity contribution in [3.8, 4) is 34.1 Å². The van der Waals surface area contributed by atoms with Crippen LogP contribution in [0.5, 0.6) is 23.0 Å². The lowest BCUT2D eigenvalue weighted by atomic mass is 9.89. The minimum Gasteiger partial charge on any atom is -0.504 e. The Labute approximate surface area is 138 Å². The van der Waals surface area contributed by atoms with Gasteiger partial charge in [-0.15, -0.1) is 0 Å². The molecule has 0 saturated carbocycles. The molecule has 0 atom stereocenters. The minimum absolute atomic E-state index is 0.195. The first-order valence-corrected chi connectivity index (χ1v) is 7.85. The summed E-state index contributed by atoms with van der Waals surface area (Å²) < 4.78 is 0. The summed E-state index contributed by atoms with van der Waals surface area (Å²) in [5, 5.41) is 45.0. The molecule has 6 nitrogen and oxygen atoms in total. The highest BCUT2D eigenvalue weighted by molar-refractivity contribution is 5.99. The van der Waals surface area contributed by atoms with E-state index in [1.807, 2.05) is 0 Å². The van der Waals surface area contributed by atoms with Gasteiger partial charge in [0.25, 0.3) is 0 Å². The Hall–Kier alpha value is -2.89. The van der Waals surface area contributed by atoms with Gasteiger partial charge in [-0.3, -0.25) is 4.99 Å². The standard InChI is InChI=1S/C18H18N2O4/c1-7-9-3-5-20-14(9)12(18(24)15(7)21)11-10-4-6-19-13(10)8(2)16(22)17(11)23/h6,20-24H,3-5H2,1-2H3. The van der Waals surface area contributed by atoms with E-state index in [-0.39, 0.29) is 23.0 Å². The highest BCUT2D eigenvalue weighted by atomic mass is 16.3. The number of hydrogen-bond acceptors (Lipinski definition) is 6. The third-order valence-corrected chi connectivity index (χ3v) is 5.02. The SMILES string of the molecule is Cc1c(O)c(O)c(-c2c(O)c(O)c(C)c3c2CC=N3)c2c1CCN2. The molecule has 124 valence electrons. The lowest BCUT2D eigenvalue weighted by molar-refractivity contribution is 0.397. The molecule has 24 heavy (non-hydrogen) atoms. The second kappa shape index (κ2) is 4.80. The maximum atomic E-state index is 10.6. The molecule has 6 heteroatoms. The zero-order valence-electron chi connectivity index (χ0n) is 13.4. The van der Waals surface area contributed by atoms with E-state index < -0.39 is 0 Å². The number of anilines is 1. The fourth-order valence-corrected chi connectivity index (χ4v) is 3.73. The number of aliphatic imine (C=N–C) groups is 1. The molecule has 2 aliphatic rings. The Morgan fingerprint density at radius 2 is 1.54 bits per heavy atom. The van der Waals surface area contributed by atoms with Crippen molar-refractivity contribution in [3.05, 3.63) is 22.3 Å². The van der Waals surface area contributed by atoms with Crippen molar-refractivity contribution in [2.24, 2.45) is 4.99 Å². The number of benzene rings is 2. The summed E-state index contributed by atoms with van der Waals surface area (Å²) in [6, 6.07) is 0. The molecule has 2 heterocycles. The van der Waals surface area contributed by atoms with Gasteiger partial charge in [0.1, 0.15) is 0 Å². The molecule has 2 aliphatic heterocycles. The van der Waals surface area contributed by atoms with E-state index in [4.69, 9.17) is 0 Å². The van der Waals surface area contributed by atoms with E-state index in [1.54, 1.807) is 20.1 Å². The fraction of sp³-hybridized carbons (Fsp3) is 0.278. The molecule has 0 unspecified atom stereocenters. The Kier molecular flexibility index (Phi) is 2.94. The van der Waals surface area contributed by atoms with Crippen LogP contribution in [0.2, 0.25) is 0 Å². The fourth-order valence-electron chi connectivity index (χ4n) is 3.73. The highest BCUT2D eigenvalue weighted by Gasteiger charge is 2.32. The summed E-state index contributed by atoms with van der Waals surface area (Å²) in [5.74, 6) is -1.05. The summed E-state index contributed by atoms with van der Waals surface area (Å²) in [5.41, 5.74) is 4.70. The topological polar surface area (TPSA) is 105 Å². The summed E-state index contributed by atoms with van der Waals surface area (Å²) in [4.78, 5) is 4.29. The highest BCUT2D eigenvalue weighted by Crippen LogP contribution is 2.56. The van der Waals surface area contributed by atoms with Crippen LogP contribution >= 0.6 is 0 Å². The molecule has 0 radical (unpaired) electrons. The predicted octanol–water partition coefficient (Wildman–Crippen LogP) is 3.02. The molecule has 0 bridgehead atoms. The first-order valence-electron chi connectivity index (χ1n) is 7.85. The predicted molar refractivity (Wildman–Crippen MR) is 92.1 cm³/mol. The van der Waals surface area contributed by atoms with Crippen molar-refractivity contribution < 1.29 is 20.4 Å². The summed E-state index contributed by atoms with van der Waals surface area (Å²) in [6.45, 7) is 4.13. The van der Waals surface area contributed by atoms with Crippen molar-refractivity contribution in [1.82, 2.24) is 0 Å². The number of rotatable bonds is 1. The van der Waals surface area contributed by atoms with Crippen LogP contribution in [0.3, 0.4) is 0 Å². The molecule has 0 saturated heterocycles. The van der Waals surface area contributed by atoms with Gasteiger partial charge in [-0.25, -0.2) is 0 Å². The van der Waals surface area contributed by atoms with Gasteiger partial charge < -0.3 is 25.7 Å². The zero-order valence-corrected chi connectivity index (χ0v) is 13.4. The van der Waals surface area contributed by atoms with Crippen LogP contribution in [0, 0.1) is 13.8 Å². The molecule has 0 amide bonds. The minimum atomic E-state index is -0.300. The van der Waals surface area contributed by atoms with Crippen LogP contribution < -0.4 is 5.32 Å². The van der Waals surface area contributed by atoms with E-state index >= 15 is 0 Å². The van der Waals surface area contributed by atoms with Crippen LogP contribution in [-0.4, -0.2) is 33.2 Å². The molecule has 0 fully saturated rings. The number of hydrogen-bond donors (Lipinski definition) is 5. The summed E-state index contributed by atoms with van der Waals surface area (Å²) in [7, 11) is 0. The molecule has 2 aromatic rings. The number of fused-ring (bicyclic) bond motifs is 2. The van der Waals surface area contributed by atoms with Crippen molar-refractivity contribution in [1.29, 1.82) is 0 Å². The van der Waals surface area contributed by atoms with Gasteiger partial charge in [-0.2, -0.15) is 0 Å². The number of nitrogens with one attached hydrogen (secondary N) is 1. The zero-order chi connectivity index (χ0) is 17.2. The molecule has 5 N–H and O–H groups in total. The van der Waals surface area contributed by atoms with Crippen molar-refractivity contribution in [3.63, 3.8) is 0 Å². The summed E-state index contributed by atoms with van der Waals surface area (Å²) >= 11 is 0. The monoisotopic (exact) mass is 326 g/mol. The number of phenols is 4. The Morgan fingerprint density at radius 1 is 0.875 bits per heavy atom. The maximum Gasteiger partial charge on any atom is 0.167 e. The smallest absolute Gasteiger partial charge is 0.167 e. The van der Waals surface area contributed by atoms with Gasteiger partial charge in [0.2, 0.25) is 0 Å². The van der Waals surface area contributed by atoms with Gasteiger partial charge in [-0.05, 0) is 37.0 Å². The lowest BCUT2D eigenvalue weighted by Gasteiger charge is -2.20. The van der Waals surface area contributed by atoms with Crippen molar-refractivity contribution in [2.75, 3.05) is 11.9 Å². The average molecular weight is 326 g/mol. The molecular formula is C18H18N2O4. The van der Waals surface area contributed by atoms with E-state index in [2.05, 4.69) is 10.3 Å². The van der Waals surface area contributed by atoms with Gasteiger partial charge in [-0.1, -0.05) is 0 Å². The van der Waals surface area contributed by atoms with Crippen LogP contribution in [0.4, 0.5) is 11.4 Å². The quantitative estimate of drug-likeness (QED) is 0.409. The van der Waals surface area contributed by atoms with Gasteiger partial charge in [0, 0.05) is 36.0 Å². The number of aromatic hydroxyl groups is 4. The second-order valence-electron chi connectivity index (χ2n) is 6.27. The normalized spacial score (nSPS) is 14.6. The van der Waals surface area contributed by atoms with Crippen molar-refractivity contribution in [2.45, 2.75) is 26.7 Å². The molecule has 0 aromatic heterocycles. The van der Waals surface area contributed by atoms with E-state index in [0.717, 1.165) is 17.5 Å². The maximum absolute atomic E-state index is 10.6. The molecule has 0 spiro atoms. The first kappa shape index (κ1) is 14.7. The summed E-state index contributed by atoms with van der Waals surface area (Å²) in [6.07, 6.45) is 2.92. The van der Waals surface area contributed by atoms with Gasteiger partial charge in [0.05, 0.1) is 11.3 Å². The third kappa shape index (κ3) is 1.68. The Morgan fingerprint density at radius 3 is 2.29 bits per heavy atom. The molecule has 0 aliphatic carbocycles. The van der Waals surface area contributed by atoms with E-state index in [1.165, 1.54) is 0 Å².